The molecular weight excluding hydrogens is 266 g/mol. The first-order chi connectivity index (χ1) is 10.1. The second-order valence-corrected chi connectivity index (χ2v) is 4.49. The third kappa shape index (κ3) is 3.79. The fourth-order valence-corrected chi connectivity index (χ4v) is 1.81. The molecule has 0 radical (unpaired) electrons. The molecule has 2 rings (SSSR count). The number of ketones is 1. The number of phenolic OH excluding ortho intramolecular Hbond substituents is 1. The SMILES string of the molecule is CC(=O)/C(=C\c1ccccc1O)C(=O)Nc1ccccc1. The zero-order valence-corrected chi connectivity index (χ0v) is 11.5. The number of anilines is 1. The van der Waals surface area contributed by atoms with Crippen molar-refractivity contribution in [3.05, 3.63) is 65.7 Å². The number of phenols is 1. The molecule has 0 saturated carbocycles. The highest BCUT2D eigenvalue weighted by atomic mass is 16.3. The first-order valence-corrected chi connectivity index (χ1v) is 6.45. The average Bonchev–Trinajstić information content (AvgIpc) is 2.47. The molecule has 21 heavy (non-hydrogen) atoms. The van der Waals surface area contributed by atoms with Crippen molar-refractivity contribution in [2.75, 3.05) is 5.32 Å². The molecule has 1 amide bonds. The van der Waals surface area contributed by atoms with Gasteiger partial charge >= 0.3 is 0 Å². The van der Waals surface area contributed by atoms with Crippen molar-refractivity contribution in [1.82, 2.24) is 0 Å². The fraction of sp³-hybridized carbons (Fsp3) is 0.0588. The van der Waals surface area contributed by atoms with Crippen LogP contribution in [0.25, 0.3) is 6.08 Å². The van der Waals surface area contributed by atoms with Crippen molar-refractivity contribution in [3.63, 3.8) is 0 Å². The number of para-hydroxylation sites is 2. The maximum Gasteiger partial charge on any atom is 0.259 e. The summed E-state index contributed by atoms with van der Waals surface area (Å²) in [4.78, 5) is 23.9. The zero-order chi connectivity index (χ0) is 15.2. The quantitative estimate of drug-likeness (QED) is 0.514. The molecule has 0 bridgehead atoms. The van der Waals surface area contributed by atoms with Crippen molar-refractivity contribution >= 4 is 23.5 Å². The predicted octanol–water partition coefficient (Wildman–Crippen LogP) is 3.00. The molecular formula is C17H15NO3. The Balaban J connectivity index is 2.29. The number of rotatable bonds is 4. The van der Waals surface area contributed by atoms with Crippen LogP contribution < -0.4 is 5.32 Å². The highest BCUT2D eigenvalue weighted by Crippen LogP contribution is 2.20. The topological polar surface area (TPSA) is 66.4 Å². The minimum absolute atomic E-state index is 0.0136. The van der Waals surface area contributed by atoms with Crippen molar-refractivity contribution in [1.29, 1.82) is 0 Å². The van der Waals surface area contributed by atoms with Gasteiger partial charge in [0.05, 0.1) is 5.57 Å². The number of amides is 1. The molecule has 2 N–H and O–H groups in total. The first-order valence-electron chi connectivity index (χ1n) is 6.45. The molecule has 106 valence electrons. The largest absolute Gasteiger partial charge is 0.507 e. The summed E-state index contributed by atoms with van der Waals surface area (Å²) < 4.78 is 0. The monoisotopic (exact) mass is 281 g/mol. The van der Waals surface area contributed by atoms with Crippen LogP contribution in [0, 0.1) is 0 Å². The van der Waals surface area contributed by atoms with Gasteiger partial charge in [-0.15, -0.1) is 0 Å². The Hall–Kier alpha value is -2.88. The van der Waals surface area contributed by atoms with E-state index in [2.05, 4.69) is 5.32 Å². The molecule has 0 aliphatic rings. The van der Waals surface area contributed by atoms with Crippen LogP contribution in [0.4, 0.5) is 5.69 Å². The molecule has 0 fully saturated rings. The minimum atomic E-state index is -0.503. The molecule has 0 aromatic heterocycles. The van der Waals surface area contributed by atoms with E-state index >= 15 is 0 Å². The summed E-state index contributed by atoms with van der Waals surface area (Å²) in [6, 6.07) is 15.4. The number of benzene rings is 2. The van der Waals surface area contributed by atoms with Crippen molar-refractivity contribution < 1.29 is 14.7 Å². The van der Waals surface area contributed by atoms with Crippen molar-refractivity contribution in [2.45, 2.75) is 6.92 Å². The van der Waals surface area contributed by atoms with Crippen LogP contribution in [0.5, 0.6) is 5.75 Å². The lowest BCUT2D eigenvalue weighted by molar-refractivity contribution is -0.118. The van der Waals surface area contributed by atoms with Gasteiger partial charge in [0.1, 0.15) is 5.75 Å². The highest BCUT2D eigenvalue weighted by molar-refractivity contribution is 6.25. The molecule has 4 nitrogen and oxygen atoms in total. The van der Waals surface area contributed by atoms with E-state index in [9.17, 15) is 14.7 Å². The van der Waals surface area contributed by atoms with Crippen molar-refractivity contribution in [3.8, 4) is 5.75 Å². The first kappa shape index (κ1) is 14.5. The van der Waals surface area contributed by atoms with Crippen LogP contribution in [-0.4, -0.2) is 16.8 Å². The van der Waals surface area contributed by atoms with E-state index in [0.717, 1.165) is 0 Å². The summed E-state index contributed by atoms with van der Waals surface area (Å²) in [6.45, 7) is 1.32. The van der Waals surface area contributed by atoms with Crippen LogP contribution >= 0.6 is 0 Å². The second-order valence-electron chi connectivity index (χ2n) is 4.49. The van der Waals surface area contributed by atoms with E-state index in [1.165, 1.54) is 19.1 Å². The number of Topliss-reactive ketones (excluding diaryl/α,β-unsaturated/α-hetero) is 1. The second kappa shape index (κ2) is 6.52. The maximum absolute atomic E-state index is 12.2. The Bertz CT molecular complexity index is 690. The third-order valence-electron chi connectivity index (χ3n) is 2.89. The Morgan fingerprint density at radius 3 is 2.24 bits per heavy atom. The van der Waals surface area contributed by atoms with Gasteiger partial charge in [0, 0.05) is 11.3 Å². The summed E-state index contributed by atoms with van der Waals surface area (Å²) in [5, 5.41) is 12.4. The van der Waals surface area contributed by atoms with Gasteiger partial charge in [0.25, 0.3) is 5.91 Å². The van der Waals surface area contributed by atoms with Gasteiger partial charge in [0.15, 0.2) is 5.78 Å². The maximum atomic E-state index is 12.2. The molecule has 0 spiro atoms. The van der Waals surface area contributed by atoms with E-state index in [1.807, 2.05) is 6.07 Å². The van der Waals surface area contributed by atoms with Crippen molar-refractivity contribution in [2.24, 2.45) is 0 Å². The number of hydrogen-bond acceptors (Lipinski definition) is 3. The van der Waals surface area contributed by atoms with E-state index in [1.54, 1.807) is 42.5 Å². The molecule has 2 aromatic carbocycles. The summed E-state index contributed by atoms with van der Waals surface area (Å²) in [5.74, 6) is -0.854. The fourth-order valence-electron chi connectivity index (χ4n) is 1.81. The molecule has 4 heteroatoms. The van der Waals surface area contributed by atoms with E-state index in [4.69, 9.17) is 0 Å². The summed E-state index contributed by atoms with van der Waals surface area (Å²) in [5.41, 5.74) is 1.01. The van der Waals surface area contributed by atoms with Gasteiger partial charge in [-0.25, -0.2) is 0 Å². The Kier molecular flexibility index (Phi) is 4.51. The zero-order valence-electron chi connectivity index (χ0n) is 11.5. The lowest BCUT2D eigenvalue weighted by atomic mass is 10.1. The molecule has 0 saturated heterocycles. The molecule has 0 heterocycles. The molecule has 0 aliphatic heterocycles. The molecule has 0 unspecified atom stereocenters. The Morgan fingerprint density at radius 1 is 1.00 bits per heavy atom. The minimum Gasteiger partial charge on any atom is -0.507 e. The van der Waals surface area contributed by atoms with Crippen LogP contribution in [0.3, 0.4) is 0 Å². The highest BCUT2D eigenvalue weighted by Gasteiger charge is 2.15. The van der Waals surface area contributed by atoms with Gasteiger partial charge in [-0.05, 0) is 31.2 Å². The van der Waals surface area contributed by atoms with Gasteiger partial charge in [-0.1, -0.05) is 36.4 Å². The molecule has 2 aromatic rings. The van der Waals surface area contributed by atoms with Crippen LogP contribution in [0.2, 0.25) is 0 Å². The number of carbonyl (C=O) groups excluding carboxylic acids is 2. The van der Waals surface area contributed by atoms with Crippen LogP contribution in [-0.2, 0) is 9.59 Å². The summed E-state index contributed by atoms with van der Waals surface area (Å²) in [6.07, 6.45) is 1.38. The Labute approximate surface area is 122 Å². The Morgan fingerprint density at radius 2 is 1.62 bits per heavy atom. The normalized spacial score (nSPS) is 11.0. The van der Waals surface area contributed by atoms with Crippen LogP contribution in [0.15, 0.2) is 60.2 Å². The van der Waals surface area contributed by atoms with Crippen LogP contribution in [0.1, 0.15) is 12.5 Å². The van der Waals surface area contributed by atoms with E-state index in [0.29, 0.717) is 11.3 Å². The molecule has 0 aliphatic carbocycles. The van der Waals surface area contributed by atoms with E-state index < -0.39 is 5.91 Å². The molecule has 0 atom stereocenters. The lowest BCUT2D eigenvalue weighted by Gasteiger charge is -2.07. The van der Waals surface area contributed by atoms with E-state index in [-0.39, 0.29) is 17.1 Å². The smallest absolute Gasteiger partial charge is 0.259 e. The lowest BCUT2D eigenvalue weighted by Crippen LogP contribution is -2.18. The number of aromatic hydroxyl groups is 1. The van der Waals surface area contributed by atoms with Gasteiger partial charge < -0.3 is 10.4 Å². The average molecular weight is 281 g/mol. The number of hydrogen-bond donors (Lipinski definition) is 2. The van der Waals surface area contributed by atoms with Gasteiger partial charge in [0.2, 0.25) is 0 Å². The number of nitrogens with one attached hydrogen (secondary N) is 1. The third-order valence-corrected chi connectivity index (χ3v) is 2.89. The van der Waals surface area contributed by atoms with Gasteiger partial charge in [-0.2, -0.15) is 0 Å². The standard InChI is InChI=1S/C17H15NO3/c1-12(19)15(11-13-7-5-6-10-16(13)20)17(21)18-14-8-3-2-4-9-14/h2-11,20H,1H3,(H,18,21)/b15-11+. The van der Waals surface area contributed by atoms with Gasteiger partial charge in [-0.3, -0.25) is 9.59 Å². The number of carbonyl (C=O) groups is 2. The summed E-state index contributed by atoms with van der Waals surface area (Å²) >= 11 is 0. The predicted molar refractivity (Wildman–Crippen MR) is 81.8 cm³/mol. The summed E-state index contributed by atoms with van der Waals surface area (Å²) in [7, 11) is 0.